The maximum Gasteiger partial charge on any atom is 0.161 e. The maximum atomic E-state index is 14.8. The van der Waals surface area contributed by atoms with Crippen LogP contribution < -0.4 is 4.74 Å². The molecule has 0 radical (unpaired) electrons. The summed E-state index contributed by atoms with van der Waals surface area (Å²) in [4.78, 5) is 2.04. The molecule has 1 aliphatic rings. The lowest BCUT2D eigenvalue weighted by Gasteiger charge is -2.31. The Bertz CT molecular complexity index is 1050. The maximum absolute atomic E-state index is 14.8. The van der Waals surface area contributed by atoms with Crippen molar-refractivity contribution in [1.82, 2.24) is 9.47 Å². The summed E-state index contributed by atoms with van der Waals surface area (Å²) in [5.41, 5.74) is 1.78. The molecule has 30 heavy (non-hydrogen) atoms. The number of fused-ring (bicyclic) bond motifs is 1. The van der Waals surface area contributed by atoms with E-state index in [-0.39, 0.29) is 11.3 Å². The van der Waals surface area contributed by atoms with Gasteiger partial charge in [0.15, 0.2) is 23.1 Å². The van der Waals surface area contributed by atoms with Gasteiger partial charge in [-0.2, -0.15) is 0 Å². The lowest BCUT2D eigenvalue weighted by Crippen LogP contribution is -2.30. The summed E-state index contributed by atoms with van der Waals surface area (Å²) < 4.78 is 49.9. The monoisotopic (exact) mass is 416 g/mol. The van der Waals surface area contributed by atoms with Crippen molar-refractivity contribution in [2.45, 2.75) is 32.5 Å². The van der Waals surface area contributed by atoms with E-state index in [1.165, 1.54) is 0 Å². The topological polar surface area (TPSA) is 37.6 Å². The molecular formula is C23H23F3N2O2. The van der Waals surface area contributed by atoms with Crippen LogP contribution in [0.5, 0.6) is 11.5 Å². The van der Waals surface area contributed by atoms with Gasteiger partial charge in [0, 0.05) is 43.2 Å². The molecule has 1 unspecified atom stereocenters. The fourth-order valence-electron chi connectivity index (χ4n) is 4.08. The Morgan fingerprint density at radius 3 is 2.63 bits per heavy atom. The van der Waals surface area contributed by atoms with Gasteiger partial charge in [-0.05, 0) is 49.2 Å². The largest absolute Gasteiger partial charge is 0.504 e. The minimum absolute atomic E-state index is 0.0496. The van der Waals surface area contributed by atoms with Crippen LogP contribution in [0, 0.1) is 17.5 Å². The van der Waals surface area contributed by atoms with E-state index in [2.05, 4.69) is 0 Å². The molecule has 1 aliphatic heterocycles. The SMILES string of the molecule is CCOc1cc(CN2CCCn3cccc3C2c2cc(F)c(F)cc2F)ccc1O. The van der Waals surface area contributed by atoms with Crippen LogP contribution in [0.3, 0.4) is 0 Å². The van der Waals surface area contributed by atoms with Gasteiger partial charge in [0.05, 0.1) is 12.6 Å². The lowest BCUT2D eigenvalue weighted by molar-refractivity contribution is 0.215. The van der Waals surface area contributed by atoms with Crippen molar-refractivity contribution < 1.29 is 23.0 Å². The Kier molecular flexibility index (Phi) is 5.72. The van der Waals surface area contributed by atoms with Gasteiger partial charge in [-0.25, -0.2) is 13.2 Å². The standard InChI is InChI=1S/C23H23F3N2O2/c1-2-30-22-11-15(6-7-21(22)29)14-28-10-4-9-27-8-3-5-20(27)23(28)16-12-18(25)19(26)13-17(16)24/h3,5-8,11-13,23,29H,2,4,9-10,14H2,1H3. The first-order valence-corrected chi connectivity index (χ1v) is 9.96. The molecule has 0 saturated heterocycles. The summed E-state index contributed by atoms with van der Waals surface area (Å²) in [7, 11) is 0. The number of aromatic nitrogens is 1. The summed E-state index contributed by atoms with van der Waals surface area (Å²) in [5, 5.41) is 9.97. The average molecular weight is 416 g/mol. The van der Waals surface area contributed by atoms with Crippen molar-refractivity contribution in [3.05, 3.63) is 82.9 Å². The second-order valence-corrected chi connectivity index (χ2v) is 7.38. The van der Waals surface area contributed by atoms with Crippen LogP contribution in [0.15, 0.2) is 48.7 Å². The molecule has 0 spiro atoms. The van der Waals surface area contributed by atoms with Crippen molar-refractivity contribution in [2.24, 2.45) is 0 Å². The first kappa shape index (κ1) is 20.3. The van der Waals surface area contributed by atoms with E-state index in [4.69, 9.17) is 4.74 Å². The molecule has 7 heteroatoms. The van der Waals surface area contributed by atoms with Crippen LogP contribution >= 0.6 is 0 Å². The molecule has 1 atom stereocenters. The van der Waals surface area contributed by atoms with E-state index >= 15 is 0 Å². The van der Waals surface area contributed by atoms with Crippen molar-refractivity contribution in [3.8, 4) is 11.5 Å². The van der Waals surface area contributed by atoms with E-state index in [0.29, 0.717) is 31.5 Å². The third-order valence-electron chi connectivity index (χ3n) is 5.40. The van der Waals surface area contributed by atoms with Crippen molar-refractivity contribution in [1.29, 1.82) is 0 Å². The summed E-state index contributed by atoms with van der Waals surface area (Å²) in [6, 6.07) is 9.82. The number of hydrogen-bond acceptors (Lipinski definition) is 3. The molecule has 4 nitrogen and oxygen atoms in total. The number of aromatic hydroxyl groups is 1. The molecule has 3 aromatic rings. The first-order valence-electron chi connectivity index (χ1n) is 9.96. The molecule has 0 amide bonds. The zero-order valence-corrected chi connectivity index (χ0v) is 16.6. The van der Waals surface area contributed by atoms with Crippen molar-refractivity contribution >= 4 is 0 Å². The van der Waals surface area contributed by atoms with E-state index in [0.717, 1.165) is 30.3 Å². The van der Waals surface area contributed by atoms with Gasteiger partial charge in [-0.1, -0.05) is 6.07 Å². The minimum Gasteiger partial charge on any atom is -0.504 e. The average Bonchev–Trinajstić information content (AvgIpc) is 3.10. The molecule has 2 aromatic carbocycles. The Hall–Kier alpha value is -2.93. The molecular weight excluding hydrogens is 393 g/mol. The second kappa shape index (κ2) is 8.44. The molecule has 4 rings (SSSR count). The van der Waals surface area contributed by atoms with Crippen LogP contribution in [0.25, 0.3) is 0 Å². The number of halogens is 3. The van der Waals surface area contributed by atoms with Crippen molar-refractivity contribution in [3.63, 3.8) is 0 Å². The van der Waals surface area contributed by atoms with Crippen LogP contribution in [-0.4, -0.2) is 27.7 Å². The number of ether oxygens (including phenoxy) is 1. The third kappa shape index (κ3) is 3.89. The molecule has 1 N–H and O–H groups in total. The highest BCUT2D eigenvalue weighted by molar-refractivity contribution is 5.42. The number of rotatable bonds is 5. The van der Waals surface area contributed by atoms with Gasteiger partial charge < -0.3 is 14.4 Å². The van der Waals surface area contributed by atoms with E-state index < -0.39 is 23.5 Å². The first-order chi connectivity index (χ1) is 14.5. The van der Waals surface area contributed by atoms with Crippen LogP contribution in [0.4, 0.5) is 13.2 Å². The van der Waals surface area contributed by atoms with E-state index in [1.807, 2.05) is 34.7 Å². The Morgan fingerprint density at radius 2 is 1.83 bits per heavy atom. The normalized spacial score (nSPS) is 16.9. The van der Waals surface area contributed by atoms with Crippen LogP contribution in [-0.2, 0) is 13.1 Å². The summed E-state index contributed by atoms with van der Waals surface area (Å²) in [6.07, 6.45) is 2.73. The fourth-order valence-corrected chi connectivity index (χ4v) is 4.08. The number of aryl methyl sites for hydroxylation is 1. The lowest BCUT2D eigenvalue weighted by atomic mass is 10.00. The van der Waals surface area contributed by atoms with Gasteiger partial charge >= 0.3 is 0 Å². The third-order valence-corrected chi connectivity index (χ3v) is 5.40. The number of nitrogens with zero attached hydrogens (tertiary/aromatic N) is 2. The Labute approximate surface area is 173 Å². The molecule has 0 aliphatic carbocycles. The number of hydrogen-bond donors (Lipinski definition) is 1. The number of benzene rings is 2. The summed E-state index contributed by atoms with van der Waals surface area (Å²) in [6.45, 7) is 4.05. The predicted molar refractivity (Wildman–Crippen MR) is 107 cm³/mol. The Morgan fingerprint density at radius 1 is 1.03 bits per heavy atom. The van der Waals surface area contributed by atoms with Crippen LogP contribution in [0.1, 0.15) is 36.2 Å². The van der Waals surface area contributed by atoms with Gasteiger partial charge in [-0.3, -0.25) is 4.90 Å². The second-order valence-electron chi connectivity index (χ2n) is 7.38. The van der Waals surface area contributed by atoms with Gasteiger partial charge in [0.2, 0.25) is 0 Å². The molecule has 2 heterocycles. The molecule has 0 saturated carbocycles. The zero-order chi connectivity index (χ0) is 21.3. The van der Waals surface area contributed by atoms with Crippen LogP contribution in [0.2, 0.25) is 0 Å². The predicted octanol–water partition coefficient (Wildman–Crippen LogP) is 5.01. The van der Waals surface area contributed by atoms with E-state index in [9.17, 15) is 18.3 Å². The van der Waals surface area contributed by atoms with Gasteiger partial charge in [0.25, 0.3) is 0 Å². The number of phenolic OH excluding ortho intramolecular Hbond substituents is 1. The molecule has 0 bridgehead atoms. The smallest absolute Gasteiger partial charge is 0.161 e. The highest BCUT2D eigenvalue weighted by atomic mass is 19.2. The zero-order valence-electron chi connectivity index (χ0n) is 16.6. The minimum atomic E-state index is -1.20. The summed E-state index contributed by atoms with van der Waals surface area (Å²) in [5.74, 6) is -2.62. The fraction of sp³-hybridized carbons (Fsp3) is 0.304. The summed E-state index contributed by atoms with van der Waals surface area (Å²) >= 11 is 0. The molecule has 158 valence electrons. The molecule has 0 fully saturated rings. The highest BCUT2D eigenvalue weighted by Crippen LogP contribution is 2.36. The Balaban J connectivity index is 1.76. The van der Waals surface area contributed by atoms with E-state index in [1.54, 1.807) is 18.2 Å². The quantitative estimate of drug-likeness (QED) is 0.595. The van der Waals surface area contributed by atoms with Gasteiger partial charge in [-0.15, -0.1) is 0 Å². The molecule has 1 aromatic heterocycles. The van der Waals surface area contributed by atoms with Gasteiger partial charge in [0.1, 0.15) is 5.82 Å². The highest BCUT2D eigenvalue weighted by Gasteiger charge is 2.30. The number of phenols is 1. The van der Waals surface area contributed by atoms with Crippen molar-refractivity contribution in [2.75, 3.05) is 13.2 Å².